The van der Waals surface area contributed by atoms with E-state index >= 15 is 0 Å². The minimum absolute atomic E-state index is 0.0143. The van der Waals surface area contributed by atoms with Crippen LogP contribution >= 0.6 is 0 Å². The molecule has 2 unspecified atom stereocenters. The van der Waals surface area contributed by atoms with Crippen LogP contribution in [-0.2, 0) is 9.59 Å². The van der Waals surface area contributed by atoms with E-state index in [1.54, 1.807) is 36.3 Å². The van der Waals surface area contributed by atoms with Gasteiger partial charge < -0.3 is 20.3 Å². The molecule has 2 aliphatic rings. The van der Waals surface area contributed by atoms with Crippen molar-refractivity contribution in [3.8, 4) is 5.75 Å². The molecule has 0 spiro atoms. The minimum Gasteiger partial charge on any atom is -0.497 e. The molecular formula is C26H32N4O4. The third-order valence-corrected chi connectivity index (χ3v) is 6.62. The number of rotatable bonds is 8. The zero-order valence-corrected chi connectivity index (χ0v) is 19.8. The van der Waals surface area contributed by atoms with Gasteiger partial charge in [-0.25, -0.2) is 0 Å². The van der Waals surface area contributed by atoms with E-state index in [2.05, 4.69) is 15.5 Å². The summed E-state index contributed by atoms with van der Waals surface area (Å²) < 4.78 is 5.12. The van der Waals surface area contributed by atoms with Crippen molar-refractivity contribution in [2.24, 2.45) is 5.92 Å². The maximum atomic E-state index is 12.6. The molecule has 4 rings (SSSR count). The van der Waals surface area contributed by atoms with Gasteiger partial charge >= 0.3 is 0 Å². The predicted molar refractivity (Wildman–Crippen MR) is 131 cm³/mol. The maximum Gasteiger partial charge on any atom is 0.251 e. The van der Waals surface area contributed by atoms with Gasteiger partial charge in [-0.3, -0.25) is 19.3 Å². The van der Waals surface area contributed by atoms with Crippen molar-refractivity contribution < 1.29 is 19.1 Å². The highest BCUT2D eigenvalue weighted by Crippen LogP contribution is 2.26. The summed E-state index contributed by atoms with van der Waals surface area (Å²) in [5.41, 5.74) is 2.06. The molecule has 0 aliphatic carbocycles. The molecule has 0 aromatic heterocycles. The van der Waals surface area contributed by atoms with E-state index in [4.69, 9.17) is 4.74 Å². The molecule has 8 heteroatoms. The van der Waals surface area contributed by atoms with Crippen LogP contribution in [0.2, 0.25) is 0 Å². The standard InChI is InChI=1S/C26H32N4O4/c1-18(29-13-3-4-14-29)25(32)28-21-7-9-22(10-8-21)30-17-19(15-24(30)31)16-27-26(33)20-5-11-23(34-2)12-6-20/h5-12,18-19H,3-4,13-17H2,1-2H3,(H,27,33)(H,28,32). The SMILES string of the molecule is COc1ccc(C(=O)NCC2CC(=O)N(c3ccc(NC(=O)C(C)N4CCCC4)cc3)C2)cc1. The van der Waals surface area contributed by atoms with E-state index in [1.165, 1.54) is 0 Å². The summed E-state index contributed by atoms with van der Waals surface area (Å²) >= 11 is 0. The Balaban J connectivity index is 1.28. The van der Waals surface area contributed by atoms with Gasteiger partial charge in [0.2, 0.25) is 11.8 Å². The lowest BCUT2D eigenvalue weighted by molar-refractivity contribution is -0.120. The van der Waals surface area contributed by atoms with Crippen molar-refractivity contribution in [1.82, 2.24) is 10.2 Å². The second kappa shape index (κ2) is 10.7. The first-order valence-electron chi connectivity index (χ1n) is 11.8. The molecule has 3 amide bonds. The van der Waals surface area contributed by atoms with Gasteiger partial charge in [0.1, 0.15) is 5.75 Å². The smallest absolute Gasteiger partial charge is 0.251 e. The fourth-order valence-electron chi connectivity index (χ4n) is 4.52. The number of hydrogen-bond donors (Lipinski definition) is 2. The number of nitrogens with zero attached hydrogens (tertiary/aromatic N) is 2. The Morgan fingerprint density at radius 1 is 1.06 bits per heavy atom. The fraction of sp³-hybridized carbons (Fsp3) is 0.423. The van der Waals surface area contributed by atoms with Crippen molar-refractivity contribution in [1.29, 1.82) is 0 Å². The van der Waals surface area contributed by atoms with Gasteiger partial charge in [-0.15, -0.1) is 0 Å². The van der Waals surface area contributed by atoms with Crippen molar-refractivity contribution in [2.75, 3.05) is 43.5 Å². The summed E-state index contributed by atoms with van der Waals surface area (Å²) in [7, 11) is 1.58. The molecule has 0 radical (unpaired) electrons. The minimum atomic E-state index is -0.170. The number of anilines is 2. The number of nitrogens with one attached hydrogen (secondary N) is 2. The predicted octanol–water partition coefficient (Wildman–Crippen LogP) is 2.90. The number of methoxy groups -OCH3 is 1. The van der Waals surface area contributed by atoms with Crippen LogP contribution < -0.4 is 20.3 Å². The molecule has 2 aromatic rings. The van der Waals surface area contributed by atoms with Gasteiger partial charge in [0, 0.05) is 42.4 Å². The summed E-state index contributed by atoms with van der Waals surface area (Å²) in [4.78, 5) is 41.5. The van der Waals surface area contributed by atoms with E-state index in [0.29, 0.717) is 30.8 Å². The van der Waals surface area contributed by atoms with Gasteiger partial charge in [0.25, 0.3) is 5.91 Å². The number of hydrogen-bond acceptors (Lipinski definition) is 5. The fourth-order valence-corrected chi connectivity index (χ4v) is 4.52. The van der Waals surface area contributed by atoms with Gasteiger partial charge in [0.05, 0.1) is 13.2 Å². The molecule has 2 N–H and O–H groups in total. The highest BCUT2D eigenvalue weighted by molar-refractivity contribution is 5.98. The van der Waals surface area contributed by atoms with E-state index in [0.717, 1.165) is 37.3 Å². The largest absolute Gasteiger partial charge is 0.497 e. The van der Waals surface area contributed by atoms with E-state index < -0.39 is 0 Å². The number of amides is 3. The van der Waals surface area contributed by atoms with E-state index in [9.17, 15) is 14.4 Å². The van der Waals surface area contributed by atoms with Gasteiger partial charge in [0.15, 0.2) is 0 Å². The van der Waals surface area contributed by atoms with Crippen LogP contribution in [-0.4, -0.2) is 62.0 Å². The molecule has 2 aliphatic heterocycles. The molecule has 2 atom stereocenters. The Labute approximate surface area is 200 Å². The van der Waals surface area contributed by atoms with Gasteiger partial charge in [-0.1, -0.05) is 0 Å². The topological polar surface area (TPSA) is 91.0 Å². The third kappa shape index (κ3) is 5.56. The average Bonchev–Trinajstić information content (AvgIpc) is 3.52. The summed E-state index contributed by atoms with van der Waals surface area (Å²) in [6.07, 6.45) is 2.67. The molecule has 0 saturated carbocycles. The van der Waals surface area contributed by atoms with E-state index in [-0.39, 0.29) is 29.7 Å². The third-order valence-electron chi connectivity index (χ3n) is 6.62. The van der Waals surface area contributed by atoms with Crippen LogP contribution in [0.4, 0.5) is 11.4 Å². The number of likely N-dealkylation sites (tertiary alicyclic amines) is 1. The molecule has 180 valence electrons. The zero-order valence-electron chi connectivity index (χ0n) is 19.8. The highest BCUT2D eigenvalue weighted by Gasteiger charge is 2.31. The normalized spacial score (nSPS) is 19.2. The Kier molecular flexibility index (Phi) is 7.47. The van der Waals surface area contributed by atoms with Crippen molar-refractivity contribution >= 4 is 29.1 Å². The quantitative estimate of drug-likeness (QED) is 0.627. The summed E-state index contributed by atoms with van der Waals surface area (Å²) in [6.45, 7) is 4.83. The molecule has 2 heterocycles. The Hall–Kier alpha value is -3.39. The van der Waals surface area contributed by atoms with Gasteiger partial charge in [-0.2, -0.15) is 0 Å². The highest BCUT2D eigenvalue weighted by atomic mass is 16.5. The number of benzene rings is 2. The average molecular weight is 465 g/mol. The Morgan fingerprint density at radius 3 is 2.38 bits per heavy atom. The first-order chi connectivity index (χ1) is 16.4. The molecule has 34 heavy (non-hydrogen) atoms. The molecule has 8 nitrogen and oxygen atoms in total. The van der Waals surface area contributed by atoms with Crippen LogP contribution in [0.5, 0.6) is 5.75 Å². The summed E-state index contributed by atoms with van der Waals surface area (Å²) in [6, 6.07) is 14.1. The van der Waals surface area contributed by atoms with Crippen LogP contribution in [0.1, 0.15) is 36.5 Å². The van der Waals surface area contributed by atoms with Crippen molar-refractivity contribution in [2.45, 2.75) is 32.2 Å². The molecule has 0 bridgehead atoms. The first kappa shape index (κ1) is 23.8. The molecular weight excluding hydrogens is 432 g/mol. The molecule has 2 aromatic carbocycles. The number of ether oxygens (including phenoxy) is 1. The van der Waals surface area contributed by atoms with Crippen LogP contribution in [0.25, 0.3) is 0 Å². The second-order valence-electron chi connectivity index (χ2n) is 8.97. The number of carbonyl (C=O) groups excluding carboxylic acids is 3. The van der Waals surface area contributed by atoms with Gasteiger partial charge in [-0.05, 0) is 81.4 Å². The Morgan fingerprint density at radius 2 is 1.74 bits per heavy atom. The lowest BCUT2D eigenvalue weighted by atomic mass is 10.1. The van der Waals surface area contributed by atoms with Crippen molar-refractivity contribution in [3.05, 3.63) is 54.1 Å². The first-order valence-corrected chi connectivity index (χ1v) is 11.8. The Bertz CT molecular complexity index is 1020. The molecule has 2 fully saturated rings. The van der Waals surface area contributed by atoms with E-state index in [1.807, 2.05) is 31.2 Å². The lowest BCUT2D eigenvalue weighted by Crippen LogP contribution is -2.40. The second-order valence-corrected chi connectivity index (χ2v) is 8.97. The van der Waals surface area contributed by atoms with Crippen LogP contribution in [0.15, 0.2) is 48.5 Å². The van der Waals surface area contributed by atoms with Crippen LogP contribution in [0.3, 0.4) is 0 Å². The lowest BCUT2D eigenvalue weighted by Gasteiger charge is -2.23. The van der Waals surface area contributed by atoms with Crippen LogP contribution in [0, 0.1) is 5.92 Å². The molecule has 2 saturated heterocycles. The monoisotopic (exact) mass is 464 g/mol. The van der Waals surface area contributed by atoms with Crippen molar-refractivity contribution in [3.63, 3.8) is 0 Å². The summed E-state index contributed by atoms with van der Waals surface area (Å²) in [5, 5.41) is 5.90. The number of carbonyl (C=O) groups is 3. The summed E-state index contributed by atoms with van der Waals surface area (Å²) in [5.74, 6) is 0.579. The maximum absolute atomic E-state index is 12.6. The zero-order chi connectivity index (χ0) is 24.1.